The highest BCUT2D eigenvalue weighted by Crippen LogP contribution is 2.17. The van der Waals surface area contributed by atoms with Crippen molar-refractivity contribution in [2.24, 2.45) is 4.99 Å². The van der Waals surface area contributed by atoms with Gasteiger partial charge in [-0.3, -0.25) is 0 Å². The first-order chi connectivity index (χ1) is 4.99. The Morgan fingerprint density at radius 1 is 1.73 bits per heavy atom. The Morgan fingerprint density at radius 3 is 2.73 bits per heavy atom. The standard InChI is InChI=1S/C8H14N2O/c1-6(9)4-7-10-8(2,3)5-11-7/h9H,4-5H2,1-3H3. The van der Waals surface area contributed by atoms with Crippen molar-refractivity contribution in [1.29, 1.82) is 5.41 Å². The van der Waals surface area contributed by atoms with Gasteiger partial charge in [-0.2, -0.15) is 0 Å². The average molecular weight is 154 g/mol. The minimum atomic E-state index is -0.0786. The van der Waals surface area contributed by atoms with Gasteiger partial charge >= 0.3 is 0 Å². The minimum Gasteiger partial charge on any atom is -0.478 e. The summed E-state index contributed by atoms with van der Waals surface area (Å²) in [6.07, 6.45) is 0.559. The van der Waals surface area contributed by atoms with Crippen LogP contribution in [0.4, 0.5) is 0 Å². The molecular weight excluding hydrogens is 140 g/mol. The molecule has 3 heteroatoms. The van der Waals surface area contributed by atoms with E-state index in [1.807, 2.05) is 13.8 Å². The van der Waals surface area contributed by atoms with Crippen LogP contribution in [0.5, 0.6) is 0 Å². The van der Waals surface area contributed by atoms with Crippen molar-refractivity contribution in [3.05, 3.63) is 0 Å². The summed E-state index contributed by atoms with van der Waals surface area (Å²) in [5, 5.41) is 7.23. The molecule has 0 aromatic heterocycles. The zero-order valence-electron chi connectivity index (χ0n) is 7.27. The van der Waals surface area contributed by atoms with E-state index >= 15 is 0 Å². The molecule has 0 unspecified atom stereocenters. The van der Waals surface area contributed by atoms with Gasteiger partial charge in [0.2, 0.25) is 0 Å². The molecule has 1 heterocycles. The maximum Gasteiger partial charge on any atom is 0.189 e. The summed E-state index contributed by atoms with van der Waals surface area (Å²) in [5.41, 5.74) is 0.520. The monoisotopic (exact) mass is 154 g/mol. The average Bonchev–Trinajstić information content (AvgIpc) is 2.08. The zero-order valence-corrected chi connectivity index (χ0v) is 7.27. The Labute approximate surface area is 67.0 Å². The van der Waals surface area contributed by atoms with E-state index in [-0.39, 0.29) is 5.54 Å². The highest BCUT2D eigenvalue weighted by atomic mass is 16.5. The fourth-order valence-electron chi connectivity index (χ4n) is 0.979. The van der Waals surface area contributed by atoms with Crippen molar-refractivity contribution >= 4 is 11.6 Å². The van der Waals surface area contributed by atoms with Crippen LogP contribution in [0.3, 0.4) is 0 Å². The predicted octanol–water partition coefficient (Wildman–Crippen LogP) is 1.62. The molecule has 0 aliphatic carbocycles. The number of hydrogen-bond donors (Lipinski definition) is 1. The van der Waals surface area contributed by atoms with Gasteiger partial charge in [0.25, 0.3) is 0 Å². The van der Waals surface area contributed by atoms with E-state index in [0.717, 1.165) is 0 Å². The summed E-state index contributed by atoms with van der Waals surface area (Å²) >= 11 is 0. The lowest BCUT2D eigenvalue weighted by molar-refractivity contribution is 0.276. The number of aliphatic imine (C=N–C) groups is 1. The van der Waals surface area contributed by atoms with Crippen LogP contribution < -0.4 is 0 Å². The summed E-state index contributed by atoms with van der Waals surface area (Å²) in [7, 11) is 0. The van der Waals surface area contributed by atoms with E-state index in [1.54, 1.807) is 6.92 Å². The molecule has 0 radical (unpaired) electrons. The lowest BCUT2D eigenvalue weighted by atomic mass is 10.1. The summed E-state index contributed by atoms with van der Waals surface area (Å²) in [5.74, 6) is 0.711. The van der Waals surface area contributed by atoms with Crippen molar-refractivity contribution in [3.63, 3.8) is 0 Å². The SMILES string of the molecule is CC(=N)CC1=NC(C)(C)CO1. The number of rotatable bonds is 2. The maximum atomic E-state index is 7.23. The number of hydrogen-bond acceptors (Lipinski definition) is 3. The Morgan fingerprint density at radius 2 is 2.36 bits per heavy atom. The first kappa shape index (κ1) is 8.24. The van der Waals surface area contributed by atoms with Crippen LogP contribution in [-0.4, -0.2) is 23.8 Å². The lowest BCUT2D eigenvalue weighted by Crippen LogP contribution is -2.17. The second-order valence-electron chi connectivity index (χ2n) is 3.56. The molecule has 1 aliphatic rings. The van der Waals surface area contributed by atoms with Crippen LogP contribution in [0.25, 0.3) is 0 Å². The highest BCUT2D eigenvalue weighted by molar-refractivity contribution is 5.98. The Bertz CT molecular complexity index is 206. The van der Waals surface area contributed by atoms with Gasteiger partial charge < -0.3 is 10.1 Å². The second kappa shape index (κ2) is 2.64. The van der Waals surface area contributed by atoms with Crippen LogP contribution in [0.1, 0.15) is 27.2 Å². The van der Waals surface area contributed by atoms with Crippen molar-refractivity contribution in [2.45, 2.75) is 32.7 Å². The molecule has 0 aromatic rings. The first-order valence-electron chi connectivity index (χ1n) is 3.75. The molecule has 0 aromatic carbocycles. The third-order valence-electron chi connectivity index (χ3n) is 1.44. The van der Waals surface area contributed by atoms with Crippen molar-refractivity contribution in [2.75, 3.05) is 6.61 Å². The topological polar surface area (TPSA) is 45.4 Å². The van der Waals surface area contributed by atoms with Gasteiger partial charge in [-0.1, -0.05) is 0 Å². The third-order valence-corrected chi connectivity index (χ3v) is 1.44. The fraction of sp³-hybridized carbons (Fsp3) is 0.750. The Balaban J connectivity index is 2.56. The van der Waals surface area contributed by atoms with Crippen LogP contribution >= 0.6 is 0 Å². The summed E-state index contributed by atoms with van der Waals surface area (Å²) < 4.78 is 5.29. The van der Waals surface area contributed by atoms with Crippen LogP contribution in [-0.2, 0) is 4.74 Å². The molecule has 0 bridgehead atoms. The molecule has 62 valence electrons. The lowest BCUT2D eigenvalue weighted by Gasteiger charge is -2.07. The van der Waals surface area contributed by atoms with Gasteiger partial charge in [0.05, 0.1) is 12.0 Å². The van der Waals surface area contributed by atoms with E-state index in [2.05, 4.69) is 4.99 Å². The van der Waals surface area contributed by atoms with E-state index in [9.17, 15) is 0 Å². The van der Waals surface area contributed by atoms with Crippen molar-refractivity contribution < 1.29 is 4.74 Å². The van der Waals surface area contributed by atoms with Gasteiger partial charge in [0.1, 0.15) is 6.61 Å². The zero-order chi connectivity index (χ0) is 8.48. The van der Waals surface area contributed by atoms with Crippen LogP contribution in [0.2, 0.25) is 0 Å². The highest BCUT2D eigenvalue weighted by Gasteiger charge is 2.25. The molecule has 0 saturated carbocycles. The van der Waals surface area contributed by atoms with Gasteiger partial charge in [-0.15, -0.1) is 0 Å². The molecule has 0 saturated heterocycles. The predicted molar refractivity (Wildman–Crippen MR) is 45.5 cm³/mol. The fourth-order valence-corrected chi connectivity index (χ4v) is 0.979. The molecule has 1 N–H and O–H groups in total. The van der Waals surface area contributed by atoms with E-state index < -0.39 is 0 Å². The summed E-state index contributed by atoms with van der Waals surface area (Å²) in [4.78, 5) is 4.31. The molecule has 1 aliphatic heterocycles. The van der Waals surface area contributed by atoms with E-state index in [4.69, 9.17) is 10.1 Å². The van der Waals surface area contributed by atoms with E-state index in [0.29, 0.717) is 24.6 Å². The molecule has 11 heavy (non-hydrogen) atoms. The molecule has 0 spiro atoms. The normalized spacial score (nSPS) is 20.8. The molecule has 3 nitrogen and oxygen atoms in total. The Hall–Kier alpha value is -0.860. The first-order valence-corrected chi connectivity index (χ1v) is 3.75. The van der Waals surface area contributed by atoms with Gasteiger partial charge in [0, 0.05) is 5.71 Å². The van der Waals surface area contributed by atoms with Crippen molar-refractivity contribution in [1.82, 2.24) is 0 Å². The largest absolute Gasteiger partial charge is 0.478 e. The maximum absolute atomic E-state index is 7.23. The smallest absolute Gasteiger partial charge is 0.189 e. The molecule has 1 rings (SSSR count). The van der Waals surface area contributed by atoms with Crippen LogP contribution in [0, 0.1) is 5.41 Å². The molecular formula is C8H14N2O. The summed E-state index contributed by atoms with van der Waals surface area (Å²) in [6, 6.07) is 0. The van der Waals surface area contributed by atoms with Crippen molar-refractivity contribution in [3.8, 4) is 0 Å². The van der Waals surface area contributed by atoms with Gasteiger partial charge in [0.15, 0.2) is 5.90 Å². The second-order valence-corrected chi connectivity index (χ2v) is 3.56. The number of ether oxygens (including phenoxy) is 1. The Kier molecular flexibility index (Phi) is 1.98. The quantitative estimate of drug-likeness (QED) is 0.603. The molecule has 0 fully saturated rings. The number of nitrogens with zero attached hydrogens (tertiary/aromatic N) is 1. The number of nitrogens with one attached hydrogen (secondary N) is 1. The van der Waals surface area contributed by atoms with Gasteiger partial charge in [-0.05, 0) is 20.8 Å². The third kappa shape index (κ3) is 2.33. The van der Waals surface area contributed by atoms with E-state index in [1.165, 1.54) is 0 Å². The van der Waals surface area contributed by atoms with Crippen LogP contribution in [0.15, 0.2) is 4.99 Å². The molecule has 0 atom stereocenters. The minimum absolute atomic E-state index is 0.0786. The summed E-state index contributed by atoms with van der Waals surface area (Å²) in [6.45, 7) is 6.46. The molecule has 0 amide bonds. The van der Waals surface area contributed by atoms with Gasteiger partial charge in [-0.25, -0.2) is 4.99 Å².